The van der Waals surface area contributed by atoms with Gasteiger partial charge in [0.25, 0.3) is 0 Å². The summed E-state index contributed by atoms with van der Waals surface area (Å²) >= 11 is 0. The lowest BCUT2D eigenvalue weighted by atomic mass is 9.90. The zero-order valence-electron chi connectivity index (χ0n) is 14.5. The second-order valence-electron chi connectivity index (χ2n) is 6.28. The van der Waals surface area contributed by atoms with E-state index in [4.69, 9.17) is 20.3 Å². The predicted molar refractivity (Wildman–Crippen MR) is 99.9 cm³/mol. The maximum Gasteiger partial charge on any atom is 0.238 e. The van der Waals surface area contributed by atoms with Crippen LogP contribution in [-0.4, -0.2) is 34.7 Å². The Balaban J connectivity index is 0.000000185. The second kappa shape index (κ2) is 7.53. The van der Waals surface area contributed by atoms with Gasteiger partial charge < -0.3 is 20.5 Å². The molecule has 2 atom stereocenters. The molecule has 2 aromatic carbocycles. The molecule has 1 saturated heterocycles. The maximum absolute atomic E-state index is 11.3. The second-order valence-corrected chi connectivity index (χ2v) is 7.84. The first-order valence-electron chi connectivity index (χ1n) is 8.32. The molecule has 0 saturated carbocycles. The van der Waals surface area contributed by atoms with Gasteiger partial charge in [0, 0.05) is 29.8 Å². The minimum absolute atomic E-state index is 0.120. The van der Waals surface area contributed by atoms with E-state index < -0.39 is 10.0 Å². The Morgan fingerprint density at radius 1 is 1.23 bits per heavy atom. The lowest BCUT2D eigenvalue weighted by Crippen LogP contribution is -2.39. The van der Waals surface area contributed by atoms with Crippen LogP contribution < -0.4 is 25.7 Å². The number of ether oxygens (including phenoxy) is 2. The number of nitrogens with two attached hydrogens (primary N) is 2. The van der Waals surface area contributed by atoms with Gasteiger partial charge in [0.2, 0.25) is 10.0 Å². The average Bonchev–Trinajstić information content (AvgIpc) is 2.99. The van der Waals surface area contributed by atoms with E-state index in [0.717, 1.165) is 42.3 Å². The molecule has 0 amide bonds. The van der Waals surface area contributed by atoms with Gasteiger partial charge in [0.1, 0.15) is 17.6 Å². The maximum atomic E-state index is 11.3. The van der Waals surface area contributed by atoms with E-state index in [1.807, 2.05) is 18.2 Å². The number of nitrogen functional groups attached to an aromatic ring is 1. The monoisotopic (exact) mass is 377 g/mol. The van der Waals surface area contributed by atoms with E-state index >= 15 is 0 Å². The van der Waals surface area contributed by atoms with E-state index in [9.17, 15) is 8.42 Å². The minimum atomic E-state index is -3.63. The number of anilines is 1. The summed E-state index contributed by atoms with van der Waals surface area (Å²) in [7, 11) is -2.01. The van der Waals surface area contributed by atoms with Crippen molar-refractivity contribution in [3.63, 3.8) is 0 Å². The summed E-state index contributed by atoms with van der Waals surface area (Å²) in [6.45, 7) is 1.74. The van der Waals surface area contributed by atoms with Crippen molar-refractivity contribution in [2.45, 2.75) is 23.3 Å². The zero-order chi connectivity index (χ0) is 18.7. The van der Waals surface area contributed by atoms with Gasteiger partial charge in [-0.15, -0.1) is 0 Å². The van der Waals surface area contributed by atoms with Gasteiger partial charge in [-0.2, -0.15) is 0 Å². The number of hydrogen-bond acceptors (Lipinski definition) is 6. The van der Waals surface area contributed by atoms with Gasteiger partial charge in [-0.05, 0) is 43.3 Å². The molecule has 2 aliphatic heterocycles. The molecule has 2 aliphatic rings. The first kappa shape index (κ1) is 18.5. The predicted octanol–water partition coefficient (Wildman–Crippen LogP) is 1.45. The number of benzene rings is 2. The summed E-state index contributed by atoms with van der Waals surface area (Å²) in [4.78, 5) is 0.166. The fourth-order valence-corrected chi connectivity index (χ4v) is 3.76. The quantitative estimate of drug-likeness (QED) is 0.682. The first-order valence-corrected chi connectivity index (χ1v) is 9.87. The Hall–Kier alpha value is -2.29. The Morgan fingerprint density at radius 3 is 2.69 bits per heavy atom. The van der Waals surface area contributed by atoms with Crippen LogP contribution in [0, 0.1) is 0 Å². The normalized spacial score (nSPS) is 20.8. The molecule has 0 radical (unpaired) electrons. The van der Waals surface area contributed by atoms with Crippen LogP contribution in [0.5, 0.6) is 11.5 Å². The molecule has 2 aromatic rings. The minimum Gasteiger partial charge on any atom is -0.497 e. The van der Waals surface area contributed by atoms with Crippen LogP contribution in [0.1, 0.15) is 17.9 Å². The van der Waals surface area contributed by atoms with Crippen LogP contribution in [0.25, 0.3) is 0 Å². The Labute approximate surface area is 153 Å². The SMILES string of the molecule is COc1cccc(N)c1.NS(=O)(=O)c1ccc2c(c1)C1CCNCC1O2. The van der Waals surface area contributed by atoms with Crippen molar-refractivity contribution in [2.75, 3.05) is 25.9 Å². The van der Waals surface area contributed by atoms with Crippen LogP contribution in [0.3, 0.4) is 0 Å². The lowest BCUT2D eigenvalue weighted by Gasteiger charge is -2.24. The van der Waals surface area contributed by atoms with E-state index in [1.165, 1.54) is 6.07 Å². The van der Waals surface area contributed by atoms with Crippen LogP contribution in [0.15, 0.2) is 47.4 Å². The van der Waals surface area contributed by atoms with Gasteiger partial charge in [0.05, 0.1) is 12.0 Å². The summed E-state index contributed by atoms with van der Waals surface area (Å²) in [5.41, 5.74) is 7.16. The molecule has 26 heavy (non-hydrogen) atoms. The topological polar surface area (TPSA) is 117 Å². The molecule has 2 heterocycles. The van der Waals surface area contributed by atoms with E-state index in [0.29, 0.717) is 0 Å². The summed E-state index contributed by atoms with van der Waals surface area (Å²) in [6, 6.07) is 12.2. The highest BCUT2D eigenvalue weighted by molar-refractivity contribution is 7.89. The highest BCUT2D eigenvalue weighted by Gasteiger charge is 2.36. The molecule has 140 valence electrons. The van der Waals surface area contributed by atoms with Crippen LogP contribution >= 0.6 is 0 Å². The molecule has 0 aliphatic carbocycles. The molecule has 1 fully saturated rings. The fraction of sp³-hybridized carbons (Fsp3) is 0.333. The molecule has 8 heteroatoms. The zero-order valence-corrected chi connectivity index (χ0v) is 15.3. The number of methoxy groups -OCH3 is 1. The standard InChI is InChI=1S/C11H14N2O3S.C7H9NO/c12-17(14,15)7-1-2-10-9(5-7)8-3-4-13-6-11(8)16-10;1-9-7-4-2-3-6(8)5-7/h1-2,5,8,11,13H,3-4,6H2,(H2,12,14,15);2-5H,8H2,1H3. The smallest absolute Gasteiger partial charge is 0.238 e. The van der Waals surface area contributed by atoms with Gasteiger partial charge in [-0.3, -0.25) is 0 Å². The third-order valence-electron chi connectivity index (χ3n) is 4.51. The van der Waals surface area contributed by atoms with Crippen molar-refractivity contribution in [1.29, 1.82) is 0 Å². The van der Waals surface area contributed by atoms with Gasteiger partial charge in [-0.1, -0.05) is 6.07 Å². The van der Waals surface area contributed by atoms with Crippen molar-refractivity contribution in [3.05, 3.63) is 48.0 Å². The highest BCUT2D eigenvalue weighted by atomic mass is 32.2. The number of piperidine rings is 1. The molecular weight excluding hydrogens is 354 g/mol. The van der Waals surface area contributed by atoms with E-state index in [2.05, 4.69) is 5.32 Å². The molecule has 4 rings (SSSR count). The van der Waals surface area contributed by atoms with Gasteiger partial charge in [0.15, 0.2) is 0 Å². The number of nitrogens with one attached hydrogen (secondary N) is 1. The van der Waals surface area contributed by atoms with E-state index in [-0.39, 0.29) is 16.9 Å². The Morgan fingerprint density at radius 2 is 2.04 bits per heavy atom. The molecule has 0 aromatic heterocycles. The highest BCUT2D eigenvalue weighted by Crippen LogP contribution is 2.41. The third-order valence-corrected chi connectivity index (χ3v) is 5.42. The van der Waals surface area contributed by atoms with E-state index in [1.54, 1.807) is 25.3 Å². The average molecular weight is 377 g/mol. The lowest BCUT2D eigenvalue weighted by molar-refractivity contribution is 0.177. The van der Waals surface area contributed by atoms with Crippen molar-refractivity contribution in [1.82, 2.24) is 5.32 Å². The van der Waals surface area contributed by atoms with Crippen molar-refractivity contribution < 1.29 is 17.9 Å². The van der Waals surface area contributed by atoms with Gasteiger partial charge in [-0.25, -0.2) is 13.6 Å². The fourth-order valence-electron chi connectivity index (χ4n) is 3.21. The first-order chi connectivity index (χ1) is 12.4. The Kier molecular flexibility index (Phi) is 5.36. The molecule has 5 N–H and O–H groups in total. The summed E-state index contributed by atoms with van der Waals surface area (Å²) in [5, 5.41) is 8.41. The number of hydrogen-bond donors (Lipinski definition) is 3. The van der Waals surface area contributed by atoms with Crippen molar-refractivity contribution in [3.8, 4) is 11.5 Å². The molecule has 7 nitrogen and oxygen atoms in total. The number of fused-ring (bicyclic) bond motifs is 3. The number of sulfonamides is 1. The molecule has 2 unspecified atom stereocenters. The molecular formula is C18H23N3O4S. The van der Waals surface area contributed by atoms with Crippen molar-refractivity contribution in [2.24, 2.45) is 5.14 Å². The van der Waals surface area contributed by atoms with Gasteiger partial charge >= 0.3 is 0 Å². The van der Waals surface area contributed by atoms with Crippen molar-refractivity contribution >= 4 is 15.7 Å². The van der Waals surface area contributed by atoms with Crippen LogP contribution in [0.4, 0.5) is 5.69 Å². The summed E-state index contributed by atoms with van der Waals surface area (Å²) in [5.74, 6) is 1.87. The summed E-state index contributed by atoms with van der Waals surface area (Å²) in [6.07, 6.45) is 1.08. The number of primary sulfonamides is 1. The van der Waals surface area contributed by atoms with Crippen LogP contribution in [-0.2, 0) is 10.0 Å². The number of rotatable bonds is 2. The third kappa shape index (κ3) is 4.09. The molecule has 0 bridgehead atoms. The van der Waals surface area contributed by atoms with Crippen LogP contribution in [0.2, 0.25) is 0 Å². The largest absolute Gasteiger partial charge is 0.497 e. The molecule has 0 spiro atoms. The Bertz CT molecular complexity index is 886. The summed E-state index contributed by atoms with van der Waals surface area (Å²) < 4.78 is 33.3.